The van der Waals surface area contributed by atoms with E-state index in [-0.39, 0.29) is 22.8 Å². The summed E-state index contributed by atoms with van der Waals surface area (Å²) in [5.74, 6) is 4.61. The molecule has 248 valence electrons. The van der Waals surface area contributed by atoms with Gasteiger partial charge in [0.05, 0.1) is 15.7 Å². The molecule has 2 aromatic heterocycles. The van der Waals surface area contributed by atoms with E-state index < -0.39 is 0 Å². The molecule has 0 spiro atoms. The van der Waals surface area contributed by atoms with Crippen molar-refractivity contribution in [1.82, 2.24) is 24.5 Å². The molecule has 1 aliphatic rings. The van der Waals surface area contributed by atoms with Crippen molar-refractivity contribution in [2.24, 2.45) is 0 Å². The maximum absolute atomic E-state index is 12.5. The number of terminal acetylenes is 1. The highest BCUT2D eigenvalue weighted by molar-refractivity contribution is 8.13. The van der Waals surface area contributed by atoms with Crippen molar-refractivity contribution in [3.63, 3.8) is 0 Å². The van der Waals surface area contributed by atoms with Crippen LogP contribution in [-0.2, 0) is 13.0 Å². The predicted molar refractivity (Wildman–Crippen MR) is 189 cm³/mol. The van der Waals surface area contributed by atoms with Crippen LogP contribution < -0.4 is 15.2 Å². The summed E-state index contributed by atoms with van der Waals surface area (Å²) in [5, 5.41) is 12.8. The van der Waals surface area contributed by atoms with Crippen LogP contribution in [-0.4, -0.2) is 42.2 Å². The first-order valence-electron chi connectivity index (χ1n) is 15.5. The summed E-state index contributed by atoms with van der Waals surface area (Å²) in [7, 11) is 0. The first-order valence-corrected chi connectivity index (χ1v) is 17.6. The minimum atomic E-state index is -0.338. The Morgan fingerprint density at radius 2 is 1.74 bits per heavy atom. The minimum absolute atomic E-state index is 0.0788. The number of carbonyl (C=O) groups excluding carboxylic acids is 1. The standard InChI is InChI=1S/C19H23ClN2O2S.C15H13Cl2N3O2/c1-2-3-4-5-6-10-13-25-19(23)24-16-14-17(20)21-22-18(16)15-11-8-7-9-12-15;1-2-7-22-13-9-12(10(16)8-11(13)17)20-15(21)19-6-4-3-5-14(19)18-20/h7-9,11-12,14H,2-6,10,13H2,1H3;1,8-9H,3-7H2. The highest BCUT2D eigenvalue weighted by Gasteiger charge is 2.20. The largest absolute Gasteiger partial charge is 0.479 e. The minimum Gasteiger partial charge on any atom is -0.479 e. The number of aryl methyl sites for hydroxylation is 1. The van der Waals surface area contributed by atoms with E-state index >= 15 is 0 Å². The molecular weight excluding hydrogens is 681 g/mol. The van der Waals surface area contributed by atoms with E-state index in [1.165, 1.54) is 54.3 Å². The van der Waals surface area contributed by atoms with Gasteiger partial charge >= 0.3 is 11.0 Å². The number of rotatable bonds is 12. The van der Waals surface area contributed by atoms with Crippen molar-refractivity contribution in [2.75, 3.05) is 12.4 Å². The summed E-state index contributed by atoms with van der Waals surface area (Å²) in [6.07, 6.45) is 15.2. The Hall–Kier alpha value is -3.49. The average Bonchev–Trinajstić information content (AvgIpc) is 3.40. The summed E-state index contributed by atoms with van der Waals surface area (Å²) in [5.41, 5.74) is 1.57. The second kappa shape index (κ2) is 18.7. The summed E-state index contributed by atoms with van der Waals surface area (Å²) >= 11 is 19.4. The predicted octanol–water partition coefficient (Wildman–Crippen LogP) is 9.08. The fourth-order valence-electron chi connectivity index (χ4n) is 4.85. The Morgan fingerprint density at radius 1 is 0.979 bits per heavy atom. The van der Waals surface area contributed by atoms with Crippen molar-refractivity contribution < 1.29 is 14.3 Å². The molecule has 0 unspecified atom stereocenters. The molecule has 0 saturated heterocycles. The Morgan fingerprint density at radius 3 is 2.49 bits per heavy atom. The Kier molecular flexibility index (Phi) is 14.5. The first kappa shape index (κ1) is 36.3. The van der Waals surface area contributed by atoms with Crippen LogP contribution in [0.4, 0.5) is 4.79 Å². The second-order valence-corrected chi connectivity index (χ2v) is 12.9. The number of aromatic nitrogens is 5. The zero-order valence-electron chi connectivity index (χ0n) is 26.1. The third-order valence-electron chi connectivity index (χ3n) is 7.20. The van der Waals surface area contributed by atoms with Gasteiger partial charge in [0.15, 0.2) is 10.9 Å². The summed E-state index contributed by atoms with van der Waals surface area (Å²) in [4.78, 5) is 24.6. The van der Waals surface area contributed by atoms with Gasteiger partial charge in [-0.25, -0.2) is 9.59 Å². The van der Waals surface area contributed by atoms with Gasteiger partial charge < -0.3 is 9.47 Å². The third-order valence-corrected chi connectivity index (χ3v) is 8.79. The van der Waals surface area contributed by atoms with E-state index in [2.05, 4.69) is 28.1 Å². The van der Waals surface area contributed by atoms with Crippen LogP contribution in [0.3, 0.4) is 0 Å². The fraction of sp³-hybridized carbons (Fsp3) is 0.382. The van der Waals surface area contributed by atoms with Crippen molar-refractivity contribution in [1.29, 1.82) is 0 Å². The van der Waals surface area contributed by atoms with Gasteiger partial charge in [-0.15, -0.1) is 21.7 Å². The Bertz CT molecular complexity index is 1740. The van der Waals surface area contributed by atoms with E-state index in [0.29, 0.717) is 39.5 Å². The molecule has 0 atom stereocenters. The van der Waals surface area contributed by atoms with E-state index in [9.17, 15) is 9.59 Å². The second-order valence-electron chi connectivity index (χ2n) is 10.7. The van der Waals surface area contributed by atoms with Gasteiger partial charge in [0.2, 0.25) is 0 Å². The van der Waals surface area contributed by atoms with Crippen LogP contribution in [0.5, 0.6) is 11.5 Å². The maximum atomic E-state index is 12.5. The number of halogens is 3. The average molecular weight is 717 g/mol. The molecule has 1 aliphatic heterocycles. The van der Waals surface area contributed by atoms with E-state index in [4.69, 9.17) is 50.7 Å². The van der Waals surface area contributed by atoms with Crippen LogP contribution in [0, 0.1) is 12.3 Å². The molecule has 0 radical (unpaired) electrons. The number of hydrogen-bond donors (Lipinski definition) is 0. The molecule has 0 aliphatic carbocycles. The van der Waals surface area contributed by atoms with Crippen molar-refractivity contribution >= 4 is 51.9 Å². The van der Waals surface area contributed by atoms with E-state index in [1.54, 1.807) is 10.6 Å². The number of thioether (sulfide) groups is 1. The van der Waals surface area contributed by atoms with Crippen LogP contribution in [0.1, 0.15) is 64.1 Å². The van der Waals surface area contributed by atoms with Crippen LogP contribution in [0.2, 0.25) is 15.2 Å². The van der Waals surface area contributed by atoms with Crippen LogP contribution in [0.15, 0.2) is 53.3 Å². The normalized spacial score (nSPS) is 12.0. The molecule has 0 bridgehead atoms. The quantitative estimate of drug-likeness (QED) is 0.0813. The fourth-order valence-corrected chi connectivity index (χ4v) is 6.17. The summed E-state index contributed by atoms with van der Waals surface area (Å²) in [6, 6.07) is 14.1. The number of unbranched alkanes of at least 4 members (excludes halogenated alkanes) is 5. The van der Waals surface area contributed by atoms with Crippen molar-refractivity contribution in [2.45, 2.75) is 71.3 Å². The first-order chi connectivity index (χ1) is 22.8. The lowest BCUT2D eigenvalue weighted by Crippen LogP contribution is -2.26. The zero-order chi connectivity index (χ0) is 33.6. The molecular formula is C34H36Cl3N5O4S. The third kappa shape index (κ3) is 10.5. The van der Waals surface area contributed by atoms with Gasteiger partial charge in [0.25, 0.3) is 0 Å². The molecule has 47 heavy (non-hydrogen) atoms. The van der Waals surface area contributed by atoms with Crippen molar-refractivity contribution in [3.8, 4) is 40.8 Å². The molecule has 13 heteroatoms. The number of benzene rings is 2. The van der Waals surface area contributed by atoms with Gasteiger partial charge in [0, 0.05) is 36.4 Å². The smallest absolute Gasteiger partial charge is 0.372 e. The highest BCUT2D eigenvalue weighted by Crippen LogP contribution is 2.33. The number of carbonyl (C=O) groups is 1. The maximum Gasteiger partial charge on any atom is 0.372 e. The molecule has 0 fully saturated rings. The molecule has 4 aromatic rings. The molecule has 0 amide bonds. The van der Waals surface area contributed by atoms with Gasteiger partial charge in [-0.2, -0.15) is 4.68 Å². The van der Waals surface area contributed by atoms with Gasteiger partial charge in [-0.05, 0) is 37.1 Å². The molecule has 2 aromatic carbocycles. The lowest BCUT2D eigenvalue weighted by atomic mass is 10.1. The molecule has 3 heterocycles. The van der Waals surface area contributed by atoms with E-state index in [0.717, 1.165) is 49.2 Å². The number of nitrogens with zero attached hydrogens (tertiary/aromatic N) is 5. The van der Waals surface area contributed by atoms with Gasteiger partial charge in [0.1, 0.15) is 23.9 Å². The Labute approximate surface area is 293 Å². The molecule has 0 saturated carbocycles. The number of ether oxygens (including phenoxy) is 2. The lowest BCUT2D eigenvalue weighted by molar-refractivity contribution is 0.227. The number of hydrogen-bond acceptors (Lipinski definition) is 8. The monoisotopic (exact) mass is 715 g/mol. The molecule has 9 nitrogen and oxygen atoms in total. The van der Waals surface area contributed by atoms with E-state index in [1.807, 2.05) is 30.3 Å². The lowest BCUT2D eigenvalue weighted by Gasteiger charge is -2.09. The summed E-state index contributed by atoms with van der Waals surface area (Å²) in [6.45, 7) is 2.96. The molecule has 5 rings (SSSR count). The van der Waals surface area contributed by atoms with Gasteiger partial charge in [-0.3, -0.25) is 4.57 Å². The molecule has 0 N–H and O–H groups in total. The zero-order valence-corrected chi connectivity index (χ0v) is 29.2. The van der Waals surface area contributed by atoms with Crippen LogP contribution in [0.25, 0.3) is 16.9 Å². The number of fused-ring (bicyclic) bond motifs is 1. The highest BCUT2D eigenvalue weighted by atomic mass is 35.5. The van der Waals surface area contributed by atoms with Crippen LogP contribution >= 0.6 is 46.6 Å². The Balaban J connectivity index is 0.000000214. The SMILES string of the molecule is C#CCOc1cc(-n2nc3n(c2=O)CCCC3)c(Cl)cc1Cl.CCCCCCCCSC(=O)Oc1cc(Cl)nnc1-c1ccccc1. The summed E-state index contributed by atoms with van der Waals surface area (Å²) < 4.78 is 13.8. The topological polar surface area (TPSA) is 101 Å². The van der Waals surface area contributed by atoms with Gasteiger partial charge in [-0.1, -0.05) is 110 Å². The van der Waals surface area contributed by atoms with Crippen molar-refractivity contribution in [3.05, 3.63) is 80.0 Å².